The van der Waals surface area contributed by atoms with Crippen LogP contribution in [0.15, 0.2) is 66.7 Å². The van der Waals surface area contributed by atoms with E-state index in [0.29, 0.717) is 50.5 Å². The number of H-pyrrole nitrogens is 1. The first kappa shape index (κ1) is 33.1. The Hall–Kier alpha value is -3.83. The number of ether oxygens (including phenoxy) is 1. The van der Waals surface area contributed by atoms with Crippen molar-refractivity contribution in [2.75, 3.05) is 64.4 Å². The van der Waals surface area contributed by atoms with Crippen molar-refractivity contribution < 1.29 is 23.1 Å². The third-order valence-electron chi connectivity index (χ3n) is 7.23. The van der Waals surface area contributed by atoms with Gasteiger partial charge in [-0.05, 0) is 63.6 Å². The number of phenolic OH excluding ortho intramolecular Hbond substituents is 1. The number of aromatic nitrogens is 2. The Morgan fingerprint density at radius 3 is 1.82 bits per heavy atom. The zero-order valence-electron chi connectivity index (χ0n) is 27.0. The van der Waals surface area contributed by atoms with Crippen molar-refractivity contribution in [2.45, 2.75) is 33.2 Å². The van der Waals surface area contributed by atoms with Gasteiger partial charge in [-0.25, -0.2) is 4.98 Å². The van der Waals surface area contributed by atoms with Gasteiger partial charge in [0.2, 0.25) is 0 Å². The molecule has 0 saturated heterocycles. The quantitative estimate of drug-likeness (QED) is 0.102. The molecule has 0 fully saturated rings. The van der Waals surface area contributed by atoms with Gasteiger partial charge in [0.25, 0.3) is 0 Å². The molecule has 0 aliphatic rings. The summed E-state index contributed by atoms with van der Waals surface area (Å²) < 4.78 is 24.3. The highest BCUT2D eigenvalue weighted by Gasteiger charge is 2.39. The minimum absolute atomic E-state index is 0.121. The van der Waals surface area contributed by atoms with Crippen LogP contribution in [0, 0.1) is 0 Å². The maximum absolute atomic E-state index is 10.4. The topological polar surface area (TPSA) is 92.3 Å². The number of aromatic hydroxyl groups is 1. The van der Waals surface area contributed by atoms with E-state index in [4.69, 9.17) is 23.0 Å². The summed E-state index contributed by atoms with van der Waals surface area (Å²) >= 11 is 0. The molecule has 0 amide bonds. The fourth-order valence-corrected chi connectivity index (χ4v) is 7.64. The molecule has 44 heavy (non-hydrogen) atoms. The predicted octanol–water partition coefficient (Wildman–Crippen LogP) is 7.07. The molecule has 0 bridgehead atoms. The second-order valence-electron chi connectivity index (χ2n) is 10.8. The fourth-order valence-electron chi connectivity index (χ4n) is 5.06. The third kappa shape index (κ3) is 8.00. The number of imidazole rings is 1. The highest BCUT2D eigenvalue weighted by Crippen LogP contribution is 2.38. The van der Waals surface area contributed by atoms with Gasteiger partial charge in [0.1, 0.15) is 17.3 Å². The molecule has 0 aliphatic carbocycles. The van der Waals surface area contributed by atoms with E-state index in [1.54, 1.807) is 12.1 Å². The van der Waals surface area contributed by atoms with Crippen LogP contribution in [-0.2, 0) is 13.3 Å². The molecule has 9 nitrogen and oxygen atoms in total. The summed E-state index contributed by atoms with van der Waals surface area (Å²) in [5, 5.41) is 10.4. The van der Waals surface area contributed by atoms with Crippen LogP contribution in [0.3, 0.4) is 0 Å². The molecule has 1 heterocycles. The zero-order chi connectivity index (χ0) is 31.7. The van der Waals surface area contributed by atoms with Crippen LogP contribution in [0.5, 0.6) is 11.5 Å². The molecule has 4 rings (SSSR count). The van der Waals surface area contributed by atoms with Gasteiger partial charge in [0.05, 0.1) is 23.6 Å². The molecular weight excluding hydrogens is 572 g/mol. The Morgan fingerprint density at radius 2 is 1.30 bits per heavy atom. The molecule has 236 valence electrons. The van der Waals surface area contributed by atoms with E-state index in [-0.39, 0.29) is 5.75 Å². The fraction of sp³-hybridized carbons (Fsp3) is 0.382. The number of benzene rings is 3. The van der Waals surface area contributed by atoms with E-state index >= 15 is 0 Å². The van der Waals surface area contributed by atoms with Crippen molar-refractivity contribution in [2.24, 2.45) is 0 Å². The zero-order valence-corrected chi connectivity index (χ0v) is 28.0. The molecule has 4 aromatic rings. The maximum Gasteiger partial charge on any atom is 0.501 e. The summed E-state index contributed by atoms with van der Waals surface area (Å²) in [5.74, 6) is 1.32. The standard InChI is InChI=1S/C34H46N4O5Si/c1-8-41-44(42-9-2,43-10-3)23-11-22-40-31-24-29(39)20-21-30(31)34-35-32(25-12-16-27(17-13-25)37(4)5)33(36-34)26-14-18-28(19-15-26)38(6)7/h12-21,24,39H,8-11,22-23H2,1-7H3,(H,35,36). The van der Waals surface area contributed by atoms with Crippen molar-refractivity contribution in [3.05, 3.63) is 66.7 Å². The van der Waals surface area contributed by atoms with Gasteiger partial charge in [0.15, 0.2) is 0 Å². The lowest BCUT2D eigenvalue weighted by molar-refractivity contribution is 0.0696. The number of hydrogen-bond donors (Lipinski definition) is 2. The number of anilines is 2. The number of hydrogen-bond acceptors (Lipinski definition) is 8. The molecule has 0 spiro atoms. The molecule has 3 aromatic carbocycles. The van der Waals surface area contributed by atoms with Crippen molar-refractivity contribution in [3.63, 3.8) is 0 Å². The average Bonchev–Trinajstić information content (AvgIpc) is 3.45. The number of nitrogens with zero attached hydrogens (tertiary/aromatic N) is 3. The van der Waals surface area contributed by atoms with E-state index in [1.165, 1.54) is 0 Å². The van der Waals surface area contributed by atoms with Crippen molar-refractivity contribution >= 4 is 20.2 Å². The van der Waals surface area contributed by atoms with Gasteiger partial charge < -0.3 is 37.9 Å². The van der Waals surface area contributed by atoms with Gasteiger partial charge in [-0.15, -0.1) is 0 Å². The number of rotatable bonds is 16. The first-order chi connectivity index (χ1) is 21.2. The lowest BCUT2D eigenvalue weighted by atomic mass is 10.0. The van der Waals surface area contributed by atoms with Gasteiger partial charge in [-0.3, -0.25) is 0 Å². The Morgan fingerprint density at radius 1 is 0.750 bits per heavy atom. The van der Waals surface area contributed by atoms with E-state index < -0.39 is 8.80 Å². The van der Waals surface area contributed by atoms with Gasteiger partial charge >= 0.3 is 8.80 Å². The molecule has 0 radical (unpaired) electrons. The van der Waals surface area contributed by atoms with Gasteiger partial charge in [-0.2, -0.15) is 0 Å². The monoisotopic (exact) mass is 618 g/mol. The first-order valence-corrected chi connectivity index (χ1v) is 17.2. The lowest BCUT2D eigenvalue weighted by Crippen LogP contribution is -2.46. The summed E-state index contributed by atoms with van der Waals surface area (Å²) in [6.45, 7) is 7.85. The van der Waals surface area contributed by atoms with E-state index in [9.17, 15) is 5.11 Å². The summed E-state index contributed by atoms with van der Waals surface area (Å²) in [5.41, 5.74) is 6.74. The Labute approximate surface area is 262 Å². The minimum atomic E-state index is -2.78. The number of nitrogens with one attached hydrogen (secondary N) is 1. The van der Waals surface area contributed by atoms with Crippen LogP contribution in [0.25, 0.3) is 33.9 Å². The molecule has 0 saturated carbocycles. The van der Waals surface area contributed by atoms with Crippen LogP contribution in [0.1, 0.15) is 27.2 Å². The van der Waals surface area contributed by atoms with Crippen LogP contribution < -0.4 is 14.5 Å². The van der Waals surface area contributed by atoms with Crippen molar-refractivity contribution in [1.82, 2.24) is 9.97 Å². The van der Waals surface area contributed by atoms with E-state index in [1.807, 2.05) is 55.0 Å². The number of aromatic amines is 1. The van der Waals surface area contributed by atoms with E-state index in [0.717, 1.165) is 39.5 Å². The van der Waals surface area contributed by atoms with Crippen LogP contribution in [0.4, 0.5) is 11.4 Å². The van der Waals surface area contributed by atoms with Crippen molar-refractivity contribution in [3.8, 4) is 45.4 Å². The molecular formula is C34H46N4O5Si. The summed E-state index contributed by atoms with van der Waals surface area (Å²) in [4.78, 5) is 12.8. The Kier molecular flexibility index (Phi) is 11.5. The predicted molar refractivity (Wildman–Crippen MR) is 181 cm³/mol. The second kappa shape index (κ2) is 15.2. The summed E-state index contributed by atoms with van der Waals surface area (Å²) in [6, 6.07) is 22.5. The minimum Gasteiger partial charge on any atom is -0.508 e. The first-order valence-electron chi connectivity index (χ1n) is 15.2. The Balaban J connectivity index is 1.67. The van der Waals surface area contributed by atoms with Crippen LogP contribution in [0.2, 0.25) is 6.04 Å². The molecule has 0 unspecified atom stereocenters. The third-order valence-corrected chi connectivity index (χ3v) is 10.4. The second-order valence-corrected chi connectivity index (χ2v) is 13.5. The largest absolute Gasteiger partial charge is 0.508 e. The molecule has 0 aliphatic heterocycles. The highest BCUT2D eigenvalue weighted by atomic mass is 28.4. The average molecular weight is 619 g/mol. The lowest BCUT2D eigenvalue weighted by Gasteiger charge is -2.28. The van der Waals surface area contributed by atoms with Gasteiger partial charge in [-0.1, -0.05) is 24.3 Å². The number of phenols is 1. The molecule has 1 aromatic heterocycles. The smallest absolute Gasteiger partial charge is 0.501 e. The highest BCUT2D eigenvalue weighted by molar-refractivity contribution is 6.60. The molecule has 0 atom stereocenters. The van der Waals surface area contributed by atoms with E-state index in [2.05, 4.69) is 63.3 Å². The maximum atomic E-state index is 10.4. The molecule has 10 heteroatoms. The van der Waals surface area contributed by atoms with Crippen molar-refractivity contribution in [1.29, 1.82) is 0 Å². The Bertz CT molecular complexity index is 1390. The summed E-state index contributed by atoms with van der Waals surface area (Å²) in [6.07, 6.45) is 0.673. The van der Waals surface area contributed by atoms with Crippen LogP contribution >= 0.6 is 0 Å². The summed E-state index contributed by atoms with van der Waals surface area (Å²) in [7, 11) is 5.33. The van der Waals surface area contributed by atoms with Gasteiger partial charge in [0, 0.05) is 82.6 Å². The van der Waals surface area contributed by atoms with Crippen LogP contribution in [-0.4, -0.2) is 78.5 Å². The molecule has 2 N–H and O–H groups in total. The SMILES string of the molecule is CCO[Si](CCCOc1cc(O)ccc1-c1nc(-c2ccc(N(C)C)cc2)c(-c2ccc(N(C)C)cc2)[nH]1)(OCC)OCC. The normalized spacial score (nSPS) is 11.5.